The minimum atomic E-state index is -0.366. The Balaban J connectivity index is 1.41. The van der Waals surface area contributed by atoms with Crippen molar-refractivity contribution in [2.75, 3.05) is 13.6 Å². The van der Waals surface area contributed by atoms with Crippen molar-refractivity contribution in [3.63, 3.8) is 0 Å². The van der Waals surface area contributed by atoms with Crippen LogP contribution >= 0.6 is 0 Å². The number of hydrogen-bond donors (Lipinski definition) is 0. The zero-order valence-electron chi connectivity index (χ0n) is 16.9. The lowest BCUT2D eigenvalue weighted by Gasteiger charge is -2.18. The van der Waals surface area contributed by atoms with Gasteiger partial charge in [0.05, 0.1) is 11.1 Å². The van der Waals surface area contributed by atoms with Crippen molar-refractivity contribution in [2.45, 2.75) is 19.8 Å². The van der Waals surface area contributed by atoms with Gasteiger partial charge in [0.15, 0.2) is 0 Å². The lowest BCUT2D eigenvalue weighted by Crippen LogP contribution is -2.28. The predicted octanol–water partition coefficient (Wildman–Crippen LogP) is 5.04. The number of benzene rings is 2. The molecule has 0 aliphatic heterocycles. The first-order chi connectivity index (χ1) is 14.5. The molecule has 0 spiro atoms. The number of carbonyl (C=O) groups excluding carboxylic acids is 1. The van der Waals surface area contributed by atoms with Crippen molar-refractivity contribution in [2.24, 2.45) is 0 Å². The summed E-state index contributed by atoms with van der Waals surface area (Å²) in [4.78, 5) is 19.0. The van der Waals surface area contributed by atoms with Crippen LogP contribution in [0.5, 0.6) is 0 Å². The third-order valence-corrected chi connectivity index (χ3v) is 5.02. The zero-order chi connectivity index (χ0) is 21.1. The molecule has 0 saturated carbocycles. The Labute approximate surface area is 174 Å². The number of carbonyl (C=O) groups is 1. The first-order valence-electron chi connectivity index (χ1n) is 9.84. The summed E-state index contributed by atoms with van der Waals surface area (Å²) in [5, 5.41) is 4.78. The Morgan fingerprint density at radius 2 is 1.90 bits per heavy atom. The van der Waals surface area contributed by atoms with Crippen LogP contribution in [0.15, 0.2) is 65.2 Å². The van der Waals surface area contributed by atoms with Crippen molar-refractivity contribution >= 4 is 16.8 Å². The number of nitrogens with zero attached hydrogens (tertiary/aromatic N) is 3. The van der Waals surface area contributed by atoms with Crippen LogP contribution in [-0.4, -0.2) is 34.5 Å². The number of pyridine rings is 1. The average molecular weight is 403 g/mol. The summed E-state index contributed by atoms with van der Waals surface area (Å²) in [6.07, 6.45) is 1.42. The third kappa shape index (κ3) is 4.22. The summed E-state index contributed by atoms with van der Waals surface area (Å²) >= 11 is 0. The average Bonchev–Trinajstić information content (AvgIpc) is 3.21. The largest absolute Gasteiger partial charge is 0.361 e. The summed E-state index contributed by atoms with van der Waals surface area (Å²) < 4.78 is 19.0. The first-order valence-corrected chi connectivity index (χ1v) is 9.84. The highest BCUT2D eigenvalue weighted by molar-refractivity contribution is 6.06. The van der Waals surface area contributed by atoms with E-state index in [9.17, 15) is 9.18 Å². The van der Waals surface area contributed by atoms with Crippen molar-refractivity contribution in [1.82, 2.24) is 15.0 Å². The van der Waals surface area contributed by atoms with Crippen LogP contribution in [0.4, 0.5) is 4.39 Å². The van der Waals surface area contributed by atoms with Crippen LogP contribution in [0.1, 0.15) is 28.2 Å². The predicted molar refractivity (Wildman–Crippen MR) is 114 cm³/mol. The van der Waals surface area contributed by atoms with Gasteiger partial charge in [-0.1, -0.05) is 35.5 Å². The van der Waals surface area contributed by atoms with E-state index in [1.54, 1.807) is 31.0 Å². The number of aromatic nitrogens is 2. The summed E-state index contributed by atoms with van der Waals surface area (Å²) in [5.74, 6) is 0.310. The van der Waals surface area contributed by atoms with Crippen LogP contribution in [0.3, 0.4) is 0 Å². The fourth-order valence-corrected chi connectivity index (χ4v) is 3.48. The van der Waals surface area contributed by atoms with Gasteiger partial charge in [0, 0.05) is 48.8 Å². The number of rotatable bonds is 6. The van der Waals surface area contributed by atoms with E-state index in [4.69, 9.17) is 4.52 Å². The van der Waals surface area contributed by atoms with E-state index in [0.29, 0.717) is 35.1 Å². The molecule has 30 heavy (non-hydrogen) atoms. The van der Waals surface area contributed by atoms with Gasteiger partial charge in [0.25, 0.3) is 5.91 Å². The molecule has 1 amide bonds. The second-order valence-electron chi connectivity index (χ2n) is 7.35. The molecule has 2 aromatic heterocycles. The van der Waals surface area contributed by atoms with Gasteiger partial charge in [-0.2, -0.15) is 0 Å². The summed E-state index contributed by atoms with van der Waals surface area (Å²) in [6, 6.07) is 17.9. The maximum atomic E-state index is 13.5. The summed E-state index contributed by atoms with van der Waals surface area (Å²) in [5.41, 5.74) is 3.52. The highest BCUT2D eigenvalue weighted by Gasteiger charge is 2.17. The molecule has 4 rings (SSSR count). The van der Waals surface area contributed by atoms with Gasteiger partial charge in [-0.15, -0.1) is 0 Å². The van der Waals surface area contributed by atoms with Gasteiger partial charge in [0.2, 0.25) is 0 Å². The minimum absolute atomic E-state index is 0.111. The Kier molecular flexibility index (Phi) is 5.57. The Bertz CT molecular complexity index is 1180. The fourth-order valence-electron chi connectivity index (χ4n) is 3.48. The lowest BCUT2D eigenvalue weighted by atomic mass is 10.1. The maximum Gasteiger partial charge on any atom is 0.254 e. The van der Waals surface area contributed by atoms with Gasteiger partial charge in [-0.25, -0.2) is 4.39 Å². The molecule has 5 nitrogen and oxygen atoms in total. The molecule has 0 unspecified atom stereocenters. The maximum absolute atomic E-state index is 13.5. The highest BCUT2D eigenvalue weighted by Crippen LogP contribution is 2.22. The van der Waals surface area contributed by atoms with E-state index in [-0.39, 0.29) is 11.7 Å². The molecule has 152 valence electrons. The lowest BCUT2D eigenvalue weighted by molar-refractivity contribution is 0.0794. The van der Waals surface area contributed by atoms with Crippen LogP contribution in [0.2, 0.25) is 0 Å². The fraction of sp³-hybridized carbons (Fsp3) is 0.208. The molecule has 2 heterocycles. The second-order valence-corrected chi connectivity index (χ2v) is 7.35. The molecule has 0 saturated heterocycles. The van der Waals surface area contributed by atoms with Crippen LogP contribution in [-0.2, 0) is 6.42 Å². The third-order valence-electron chi connectivity index (χ3n) is 5.02. The van der Waals surface area contributed by atoms with Crippen LogP contribution in [0, 0.1) is 12.7 Å². The SMILES string of the molecule is Cc1cc(C(=O)N(C)CCCc2cc(-c3ccccc3)no2)c2ccc(F)cc2n1. The molecule has 0 bridgehead atoms. The molecule has 0 aliphatic rings. The van der Waals surface area contributed by atoms with Crippen LogP contribution < -0.4 is 0 Å². The van der Waals surface area contributed by atoms with E-state index < -0.39 is 0 Å². The van der Waals surface area contributed by atoms with E-state index in [1.807, 2.05) is 36.4 Å². The number of fused-ring (bicyclic) bond motifs is 1. The van der Waals surface area contributed by atoms with Crippen molar-refractivity contribution in [3.05, 3.63) is 83.5 Å². The van der Waals surface area contributed by atoms with Gasteiger partial charge in [0.1, 0.15) is 17.3 Å². The van der Waals surface area contributed by atoms with Crippen molar-refractivity contribution in [1.29, 1.82) is 0 Å². The monoisotopic (exact) mass is 403 g/mol. The molecule has 0 radical (unpaired) electrons. The highest BCUT2D eigenvalue weighted by atomic mass is 19.1. The number of hydrogen-bond acceptors (Lipinski definition) is 4. The van der Waals surface area contributed by atoms with Gasteiger partial charge >= 0.3 is 0 Å². The Morgan fingerprint density at radius 3 is 2.70 bits per heavy atom. The summed E-state index contributed by atoms with van der Waals surface area (Å²) in [7, 11) is 1.77. The van der Waals surface area contributed by atoms with Gasteiger partial charge in [-0.3, -0.25) is 9.78 Å². The standard InChI is InChI=1S/C24H22FN3O2/c1-16-13-21(20-11-10-18(25)14-23(20)26-16)24(29)28(2)12-6-9-19-15-22(27-30-19)17-7-4-3-5-8-17/h3-5,7-8,10-11,13-15H,6,9,12H2,1-2H3. The number of halogens is 1. The zero-order valence-corrected chi connectivity index (χ0v) is 16.9. The smallest absolute Gasteiger partial charge is 0.254 e. The second kappa shape index (κ2) is 8.45. The van der Waals surface area contributed by atoms with E-state index in [0.717, 1.165) is 23.4 Å². The Morgan fingerprint density at radius 1 is 1.10 bits per heavy atom. The molecular formula is C24H22FN3O2. The number of aryl methyl sites for hydroxylation is 2. The van der Waals surface area contributed by atoms with Gasteiger partial charge in [-0.05, 0) is 31.5 Å². The molecule has 4 aromatic rings. The Hall–Kier alpha value is -3.54. The first kappa shape index (κ1) is 19.8. The van der Waals surface area contributed by atoms with Crippen molar-refractivity contribution < 1.29 is 13.7 Å². The molecule has 2 aromatic carbocycles. The quantitative estimate of drug-likeness (QED) is 0.452. The van der Waals surface area contributed by atoms with Crippen LogP contribution in [0.25, 0.3) is 22.2 Å². The van der Waals surface area contributed by atoms with E-state index in [1.165, 1.54) is 12.1 Å². The molecule has 6 heteroatoms. The molecule has 0 fully saturated rings. The molecule has 0 atom stereocenters. The molecular weight excluding hydrogens is 381 g/mol. The van der Waals surface area contributed by atoms with Crippen molar-refractivity contribution in [3.8, 4) is 11.3 Å². The topological polar surface area (TPSA) is 59.2 Å². The van der Waals surface area contributed by atoms with E-state index >= 15 is 0 Å². The molecule has 0 N–H and O–H groups in total. The number of amides is 1. The minimum Gasteiger partial charge on any atom is -0.361 e. The van der Waals surface area contributed by atoms with E-state index in [2.05, 4.69) is 10.1 Å². The van der Waals surface area contributed by atoms with Gasteiger partial charge < -0.3 is 9.42 Å². The molecule has 0 aliphatic carbocycles. The normalized spacial score (nSPS) is 11.0. The summed E-state index contributed by atoms with van der Waals surface area (Å²) in [6.45, 7) is 2.36.